The molecule has 6 nitrogen and oxygen atoms in total. The van der Waals surface area contributed by atoms with Crippen LogP contribution in [-0.4, -0.2) is 42.5 Å². The van der Waals surface area contributed by atoms with Gasteiger partial charge in [-0.1, -0.05) is 0 Å². The van der Waals surface area contributed by atoms with Crippen molar-refractivity contribution in [2.24, 2.45) is 0 Å². The highest BCUT2D eigenvalue weighted by Crippen LogP contribution is 2.31. The molecule has 0 radical (unpaired) electrons. The Labute approximate surface area is 170 Å². The van der Waals surface area contributed by atoms with Gasteiger partial charge in [-0.2, -0.15) is 0 Å². The summed E-state index contributed by atoms with van der Waals surface area (Å²) in [4.78, 5) is 27.7. The van der Waals surface area contributed by atoms with Crippen LogP contribution in [0.5, 0.6) is 11.5 Å². The fourth-order valence-electron chi connectivity index (χ4n) is 4.00. The molecule has 29 heavy (non-hydrogen) atoms. The lowest BCUT2D eigenvalue weighted by molar-refractivity contribution is 0.0548. The van der Waals surface area contributed by atoms with Crippen LogP contribution in [0.3, 0.4) is 0 Å². The van der Waals surface area contributed by atoms with Gasteiger partial charge in [0, 0.05) is 30.3 Å². The molecule has 2 aliphatic heterocycles. The first-order valence-electron chi connectivity index (χ1n) is 10.3. The van der Waals surface area contributed by atoms with Crippen molar-refractivity contribution in [1.82, 2.24) is 4.90 Å². The summed E-state index contributed by atoms with van der Waals surface area (Å²) in [6.45, 7) is 3.87. The van der Waals surface area contributed by atoms with Crippen molar-refractivity contribution < 1.29 is 19.1 Å². The number of fused-ring (bicyclic) bond motifs is 2. The van der Waals surface area contributed by atoms with Crippen molar-refractivity contribution in [2.75, 3.05) is 25.1 Å². The van der Waals surface area contributed by atoms with Gasteiger partial charge in [0.1, 0.15) is 11.5 Å². The molecule has 1 saturated heterocycles. The Kier molecular flexibility index (Phi) is 5.69. The van der Waals surface area contributed by atoms with Crippen LogP contribution in [0.2, 0.25) is 0 Å². The number of nitrogens with zero attached hydrogens (tertiary/aromatic N) is 1. The van der Waals surface area contributed by atoms with Crippen molar-refractivity contribution in [3.05, 3.63) is 53.6 Å². The Morgan fingerprint density at radius 1 is 1.17 bits per heavy atom. The van der Waals surface area contributed by atoms with E-state index in [0.29, 0.717) is 35.8 Å². The quantitative estimate of drug-likeness (QED) is 0.847. The second-order valence-electron chi connectivity index (χ2n) is 7.41. The number of benzene rings is 2. The number of carbonyl (C=O) groups is 2. The fourth-order valence-corrected chi connectivity index (χ4v) is 4.00. The molecule has 2 aromatic rings. The third-order valence-electron chi connectivity index (χ3n) is 5.49. The van der Waals surface area contributed by atoms with Crippen molar-refractivity contribution >= 4 is 17.5 Å². The summed E-state index contributed by atoms with van der Waals surface area (Å²) < 4.78 is 11.3. The van der Waals surface area contributed by atoms with E-state index in [2.05, 4.69) is 5.32 Å². The van der Waals surface area contributed by atoms with E-state index in [1.165, 1.54) is 0 Å². The third-order valence-corrected chi connectivity index (χ3v) is 5.49. The maximum absolute atomic E-state index is 13.2. The predicted octanol–water partition coefficient (Wildman–Crippen LogP) is 4.11. The molecule has 0 spiro atoms. The summed E-state index contributed by atoms with van der Waals surface area (Å²) in [5.41, 5.74) is 1.62. The molecule has 0 aliphatic carbocycles. The van der Waals surface area contributed by atoms with Gasteiger partial charge in [0.2, 0.25) is 0 Å². The van der Waals surface area contributed by atoms with E-state index < -0.39 is 0 Å². The zero-order valence-electron chi connectivity index (χ0n) is 16.6. The molecule has 1 unspecified atom stereocenters. The molecule has 1 atom stereocenters. The molecule has 0 bridgehead atoms. The lowest BCUT2D eigenvalue weighted by Gasteiger charge is -2.37. The Balaban J connectivity index is 1.54. The van der Waals surface area contributed by atoms with Gasteiger partial charge >= 0.3 is 0 Å². The number of ether oxygens (including phenoxy) is 2. The maximum atomic E-state index is 13.2. The van der Waals surface area contributed by atoms with Gasteiger partial charge in [-0.3, -0.25) is 9.59 Å². The number of amides is 2. The van der Waals surface area contributed by atoms with Crippen LogP contribution in [0.25, 0.3) is 0 Å². The van der Waals surface area contributed by atoms with Crippen LogP contribution in [0.4, 0.5) is 5.69 Å². The summed E-state index contributed by atoms with van der Waals surface area (Å²) in [6, 6.07) is 12.5. The second kappa shape index (κ2) is 8.55. The molecule has 6 heteroatoms. The molecule has 152 valence electrons. The molecular weight excluding hydrogens is 368 g/mol. The number of rotatable bonds is 4. The molecule has 4 rings (SSSR count). The molecule has 1 N–H and O–H groups in total. The van der Waals surface area contributed by atoms with Gasteiger partial charge in [0.25, 0.3) is 11.8 Å². The standard InChI is InChI=1S/C23H26N2O4/c1-2-28-19-9-6-16(7-10-19)22(26)24-17-8-11-21-20(15-17)23(27)25-13-4-3-5-18(25)12-14-29-21/h6-11,15,18H,2-5,12-14H2,1H3,(H,24,26). The van der Waals surface area contributed by atoms with Crippen molar-refractivity contribution in [1.29, 1.82) is 0 Å². The van der Waals surface area contributed by atoms with Crippen molar-refractivity contribution in [3.63, 3.8) is 0 Å². The minimum Gasteiger partial charge on any atom is -0.494 e. The Morgan fingerprint density at radius 3 is 2.79 bits per heavy atom. The Hall–Kier alpha value is -3.02. The SMILES string of the molecule is CCOc1ccc(C(=O)Nc2ccc3c(c2)C(=O)N2CCCCC2CCO3)cc1. The molecule has 2 aliphatic rings. The van der Waals surface area contributed by atoms with E-state index in [1.54, 1.807) is 42.5 Å². The molecule has 1 fully saturated rings. The molecule has 2 aromatic carbocycles. The molecule has 0 aromatic heterocycles. The summed E-state index contributed by atoms with van der Waals surface area (Å²) in [5.74, 6) is 1.06. The summed E-state index contributed by atoms with van der Waals surface area (Å²) in [7, 11) is 0. The van der Waals surface area contributed by atoms with E-state index >= 15 is 0 Å². The molecule has 2 amide bonds. The number of nitrogens with one attached hydrogen (secondary N) is 1. The van der Waals surface area contributed by atoms with Crippen LogP contribution in [0, 0.1) is 0 Å². The molecular formula is C23H26N2O4. The van der Waals surface area contributed by atoms with Gasteiger partial charge < -0.3 is 19.7 Å². The number of anilines is 1. The van der Waals surface area contributed by atoms with Crippen LogP contribution in [-0.2, 0) is 0 Å². The van der Waals surface area contributed by atoms with Gasteiger partial charge in [-0.05, 0) is 68.7 Å². The van der Waals surface area contributed by atoms with Crippen LogP contribution >= 0.6 is 0 Å². The van der Waals surface area contributed by atoms with Gasteiger partial charge in [0.15, 0.2) is 0 Å². The third kappa shape index (κ3) is 4.21. The van der Waals surface area contributed by atoms with Gasteiger partial charge in [-0.25, -0.2) is 0 Å². The smallest absolute Gasteiger partial charge is 0.257 e. The van der Waals surface area contributed by atoms with Gasteiger partial charge in [0.05, 0.1) is 18.8 Å². The van der Waals surface area contributed by atoms with Crippen LogP contribution in [0.15, 0.2) is 42.5 Å². The first-order valence-corrected chi connectivity index (χ1v) is 10.3. The number of piperidine rings is 1. The largest absolute Gasteiger partial charge is 0.494 e. The van der Waals surface area contributed by atoms with Crippen LogP contribution < -0.4 is 14.8 Å². The van der Waals surface area contributed by atoms with Gasteiger partial charge in [-0.15, -0.1) is 0 Å². The Morgan fingerprint density at radius 2 is 2.00 bits per heavy atom. The lowest BCUT2D eigenvalue weighted by atomic mass is 9.97. The average Bonchev–Trinajstić information content (AvgIpc) is 2.74. The number of hydrogen-bond donors (Lipinski definition) is 1. The van der Waals surface area contributed by atoms with E-state index in [4.69, 9.17) is 9.47 Å². The first kappa shape index (κ1) is 19.3. The highest BCUT2D eigenvalue weighted by atomic mass is 16.5. The van der Waals surface area contributed by atoms with Crippen molar-refractivity contribution in [3.8, 4) is 11.5 Å². The van der Waals surface area contributed by atoms with E-state index in [1.807, 2.05) is 11.8 Å². The number of carbonyl (C=O) groups excluding carboxylic acids is 2. The summed E-state index contributed by atoms with van der Waals surface area (Å²) >= 11 is 0. The van der Waals surface area contributed by atoms with Crippen LogP contribution in [0.1, 0.15) is 53.3 Å². The minimum atomic E-state index is -0.233. The lowest BCUT2D eigenvalue weighted by Crippen LogP contribution is -2.45. The van der Waals surface area contributed by atoms with E-state index in [-0.39, 0.29) is 17.9 Å². The zero-order chi connectivity index (χ0) is 20.2. The maximum Gasteiger partial charge on any atom is 0.257 e. The second-order valence-corrected chi connectivity index (χ2v) is 7.41. The highest BCUT2D eigenvalue weighted by molar-refractivity contribution is 6.05. The van der Waals surface area contributed by atoms with Crippen molar-refractivity contribution in [2.45, 2.75) is 38.6 Å². The molecule has 0 saturated carbocycles. The summed E-state index contributed by atoms with van der Waals surface area (Å²) in [6.07, 6.45) is 4.08. The minimum absolute atomic E-state index is 0.0124. The number of hydrogen-bond acceptors (Lipinski definition) is 4. The monoisotopic (exact) mass is 394 g/mol. The normalized spacial score (nSPS) is 18.6. The first-order chi connectivity index (χ1) is 14.2. The zero-order valence-corrected chi connectivity index (χ0v) is 16.6. The average molecular weight is 394 g/mol. The van der Waals surface area contributed by atoms with E-state index in [9.17, 15) is 9.59 Å². The topological polar surface area (TPSA) is 67.9 Å². The fraction of sp³-hybridized carbons (Fsp3) is 0.391. The summed E-state index contributed by atoms with van der Waals surface area (Å²) in [5, 5.41) is 2.88. The Bertz CT molecular complexity index is 894. The molecule has 2 heterocycles. The van der Waals surface area contributed by atoms with E-state index in [0.717, 1.165) is 38.0 Å². The highest BCUT2D eigenvalue weighted by Gasteiger charge is 2.31. The predicted molar refractivity (Wildman–Crippen MR) is 111 cm³/mol.